The normalized spacial score (nSPS) is 36.0. The number of hydrogen-bond donors (Lipinski definition) is 2. The van der Waals surface area contributed by atoms with Crippen LogP contribution in [0.5, 0.6) is 0 Å². The fourth-order valence-corrected chi connectivity index (χ4v) is 3.35. The van der Waals surface area contributed by atoms with Gasteiger partial charge in [0, 0.05) is 12.6 Å². The molecule has 0 spiro atoms. The van der Waals surface area contributed by atoms with Crippen LogP contribution < -0.4 is 5.32 Å². The first kappa shape index (κ1) is 12.7. The van der Waals surface area contributed by atoms with Crippen molar-refractivity contribution >= 4 is 6.09 Å². The SMILES string of the molecule is CC(C)(C)OC(=O)N[C@@H]1[C@H]2CC[C@H]1[C@@H](CO)C2. The fraction of sp³-hybridized carbons (Fsp3) is 0.923. The Bertz CT molecular complexity index is 298. The van der Waals surface area contributed by atoms with Gasteiger partial charge in [0.1, 0.15) is 5.60 Å². The van der Waals surface area contributed by atoms with Gasteiger partial charge < -0.3 is 15.2 Å². The number of carbonyl (C=O) groups is 1. The van der Waals surface area contributed by atoms with Crippen molar-refractivity contribution in [3.8, 4) is 0 Å². The lowest BCUT2D eigenvalue weighted by Gasteiger charge is -2.24. The number of aliphatic hydroxyl groups is 1. The average Bonchev–Trinajstić information content (AvgIpc) is 2.72. The van der Waals surface area contributed by atoms with Crippen molar-refractivity contribution in [3.63, 3.8) is 0 Å². The Kier molecular flexibility index (Phi) is 3.34. The number of aliphatic hydroxyl groups excluding tert-OH is 1. The van der Waals surface area contributed by atoms with E-state index in [4.69, 9.17) is 4.74 Å². The molecule has 0 aromatic rings. The minimum atomic E-state index is -0.446. The third-order valence-electron chi connectivity index (χ3n) is 3.97. The summed E-state index contributed by atoms with van der Waals surface area (Å²) in [5, 5.41) is 12.3. The maximum Gasteiger partial charge on any atom is 0.407 e. The highest BCUT2D eigenvalue weighted by molar-refractivity contribution is 5.68. The van der Waals surface area contributed by atoms with Crippen LogP contribution in [0.15, 0.2) is 0 Å². The molecule has 0 radical (unpaired) electrons. The van der Waals surface area contributed by atoms with Gasteiger partial charge in [0.25, 0.3) is 0 Å². The van der Waals surface area contributed by atoms with Crippen molar-refractivity contribution < 1.29 is 14.6 Å². The molecule has 2 aliphatic carbocycles. The summed E-state index contributed by atoms with van der Waals surface area (Å²) in [5.74, 6) is 1.34. The van der Waals surface area contributed by atoms with Crippen molar-refractivity contribution in [2.24, 2.45) is 17.8 Å². The van der Waals surface area contributed by atoms with E-state index in [1.807, 2.05) is 20.8 Å². The summed E-state index contributed by atoms with van der Waals surface area (Å²) in [6, 6.07) is 0.210. The molecular formula is C13H23NO3. The summed E-state index contributed by atoms with van der Waals surface area (Å²) in [7, 11) is 0. The summed E-state index contributed by atoms with van der Waals surface area (Å²) in [6.07, 6.45) is 3.01. The summed E-state index contributed by atoms with van der Waals surface area (Å²) in [4.78, 5) is 11.7. The number of ether oxygens (including phenoxy) is 1. The van der Waals surface area contributed by atoms with Crippen LogP contribution in [0.25, 0.3) is 0 Å². The number of carbonyl (C=O) groups excluding carboxylic acids is 1. The van der Waals surface area contributed by atoms with Gasteiger partial charge >= 0.3 is 6.09 Å². The van der Waals surface area contributed by atoms with Crippen molar-refractivity contribution in [2.45, 2.75) is 51.7 Å². The van der Waals surface area contributed by atoms with Crippen LogP contribution in [-0.4, -0.2) is 29.4 Å². The second-order valence-electron chi connectivity index (χ2n) is 6.35. The quantitative estimate of drug-likeness (QED) is 0.776. The van der Waals surface area contributed by atoms with Gasteiger partial charge in [-0.1, -0.05) is 0 Å². The highest BCUT2D eigenvalue weighted by Crippen LogP contribution is 2.48. The highest BCUT2D eigenvalue weighted by atomic mass is 16.6. The summed E-state index contributed by atoms with van der Waals surface area (Å²) in [6.45, 7) is 5.85. The van der Waals surface area contributed by atoms with Crippen LogP contribution in [0.4, 0.5) is 4.79 Å². The van der Waals surface area contributed by atoms with Crippen LogP contribution in [0.3, 0.4) is 0 Å². The molecule has 2 saturated carbocycles. The molecule has 4 atom stereocenters. The predicted molar refractivity (Wildman–Crippen MR) is 64.6 cm³/mol. The van der Waals surface area contributed by atoms with Crippen LogP contribution in [0, 0.1) is 17.8 Å². The zero-order valence-electron chi connectivity index (χ0n) is 10.9. The molecule has 2 N–H and O–H groups in total. The molecule has 4 nitrogen and oxygen atoms in total. The summed E-state index contributed by atoms with van der Waals surface area (Å²) in [5.41, 5.74) is -0.446. The molecule has 98 valence electrons. The molecule has 0 unspecified atom stereocenters. The predicted octanol–water partition coefficient (Wildman–Crippen LogP) is 1.92. The van der Waals surface area contributed by atoms with Crippen LogP contribution in [0.1, 0.15) is 40.0 Å². The van der Waals surface area contributed by atoms with Crippen molar-refractivity contribution in [2.75, 3.05) is 6.61 Å². The van der Waals surface area contributed by atoms with Crippen molar-refractivity contribution in [1.29, 1.82) is 0 Å². The van der Waals surface area contributed by atoms with E-state index in [1.54, 1.807) is 0 Å². The Hall–Kier alpha value is -0.770. The molecule has 0 aromatic heterocycles. The van der Waals surface area contributed by atoms with Gasteiger partial charge in [-0.3, -0.25) is 0 Å². The van der Waals surface area contributed by atoms with Crippen LogP contribution >= 0.6 is 0 Å². The van der Waals surface area contributed by atoms with Gasteiger partial charge in [0.15, 0.2) is 0 Å². The highest BCUT2D eigenvalue weighted by Gasteiger charge is 2.48. The van der Waals surface area contributed by atoms with Gasteiger partial charge in [-0.2, -0.15) is 0 Å². The first-order chi connectivity index (χ1) is 7.90. The topological polar surface area (TPSA) is 58.6 Å². The Morgan fingerprint density at radius 1 is 1.41 bits per heavy atom. The smallest absolute Gasteiger partial charge is 0.407 e. The zero-order valence-corrected chi connectivity index (χ0v) is 10.9. The lowest BCUT2D eigenvalue weighted by Crippen LogP contribution is -2.42. The molecule has 0 saturated heterocycles. The monoisotopic (exact) mass is 241 g/mol. The van der Waals surface area contributed by atoms with Crippen molar-refractivity contribution in [1.82, 2.24) is 5.32 Å². The molecule has 2 rings (SSSR count). The maximum absolute atomic E-state index is 11.7. The molecule has 1 amide bonds. The zero-order chi connectivity index (χ0) is 12.6. The molecule has 2 aliphatic rings. The Balaban J connectivity index is 1.90. The first-order valence-corrected chi connectivity index (χ1v) is 6.51. The van der Waals surface area contributed by atoms with E-state index >= 15 is 0 Å². The third kappa shape index (κ3) is 2.73. The van der Waals surface area contributed by atoms with E-state index < -0.39 is 5.60 Å². The number of hydrogen-bond acceptors (Lipinski definition) is 3. The number of alkyl carbamates (subject to hydrolysis) is 1. The minimum Gasteiger partial charge on any atom is -0.444 e. The van der Waals surface area contributed by atoms with E-state index in [-0.39, 0.29) is 18.7 Å². The Morgan fingerprint density at radius 3 is 2.65 bits per heavy atom. The number of rotatable bonds is 2. The second-order valence-corrected chi connectivity index (χ2v) is 6.35. The second kappa shape index (κ2) is 4.48. The van der Waals surface area contributed by atoms with Gasteiger partial charge in [-0.25, -0.2) is 4.79 Å². The summed E-state index contributed by atoms with van der Waals surface area (Å²) < 4.78 is 5.28. The molecule has 0 aliphatic heterocycles. The Labute approximate surface area is 103 Å². The van der Waals surface area contributed by atoms with Crippen LogP contribution in [0.2, 0.25) is 0 Å². The van der Waals surface area contributed by atoms with E-state index in [0.29, 0.717) is 17.8 Å². The van der Waals surface area contributed by atoms with Gasteiger partial charge in [0.2, 0.25) is 0 Å². The number of amides is 1. The lowest BCUT2D eigenvalue weighted by molar-refractivity contribution is 0.0486. The first-order valence-electron chi connectivity index (χ1n) is 6.51. The molecule has 2 fully saturated rings. The molecule has 4 heteroatoms. The molecular weight excluding hydrogens is 218 g/mol. The van der Waals surface area contributed by atoms with E-state index in [9.17, 15) is 9.90 Å². The third-order valence-corrected chi connectivity index (χ3v) is 3.97. The largest absolute Gasteiger partial charge is 0.444 e. The molecule has 2 bridgehead atoms. The molecule has 17 heavy (non-hydrogen) atoms. The van der Waals surface area contributed by atoms with Crippen LogP contribution in [-0.2, 0) is 4.74 Å². The van der Waals surface area contributed by atoms with E-state index in [2.05, 4.69) is 5.32 Å². The maximum atomic E-state index is 11.7. The number of nitrogens with one attached hydrogen (secondary N) is 1. The summed E-state index contributed by atoms with van der Waals surface area (Å²) >= 11 is 0. The van der Waals surface area contributed by atoms with Crippen molar-refractivity contribution in [3.05, 3.63) is 0 Å². The van der Waals surface area contributed by atoms with Gasteiger partial charge in [-0.05, 0) is 57.8 Å². The van der Waals surface area contributed by atoms with E-state index in [0.717, 1.165) is 12.8 Å². The Morgan fingerprint density at radius 2 is 2.12 bits per heavy atom. The minimum absolute atomic E-state index is 0.210. The van der Waals surface area contributed by atoms with Gasteiger partial charge in [-0.15, -0.1) is 0 Å². The van der Waals surface area contributed by atoms with E-state index in [1.165, 1.54) is 6.42 Å². The standard InChI is InChI=1S/C13H23NO3/c1-13(2,3)17-12(16)14-11-8-4-5-10(11)9(6-8)7-15/h8-11,15H,4-7H2,1-3H3,(H,14,16)/t8-,9+,10-,11+/m0/s1. The lowest BCUT2D eigenvalue weighted by atomic mass is 9.89. The molecule has 0 heterocycles. The molecule has 0 aromatic carbocycles. The van der Waals surface area contributed by atoms with Gasteiger partial charge in [0.05, 0.1) is 0 Å². The number of fused-ring (bicyclic) bond motifs is 2. The fourth-order valence-electron chi connectivity index (χ4n) is 3.35. The average molecular weight is 241 g/mol.